The molecule has 1 aliphatic rings. The van der Waals surface area contributed by atoms with Crippen LogP contribution in [0.2, 0.25) is 0 Å². The Morgan fingerprint density at radius 3 is 2.41 bits per heavy atom. The van der Waals surface area contributed by atoms with Crippen molar-refractivity contribution in [3.05, 3.63) is 69.5 Å². The molecule has 1 aliphatic heterocycles. The van der Waals surface area contributed by atoms with E-state index in [1.807, 2.05) is 12.1 Å². The number of H-pyrrole nitrogens is 1. The number of aromatic nitrogens is 1. The van der Waals surface area contributed by atoms with Crippen molar-refractivity contribution in [1.29, 1.82) is 0 Å². The molecule has 0 bridgehead atoms. The maximum Gasteiger partial charge on any atom is 0.253 e. The Kier molecular flexibility index (Phi) is 4.88. The minimum Gasteiger partial charge on any atom is -0.381 e. The molecule has 4 nitrogen and oxygen atoms in total. The molecule has 27 heavy (non-hydrogen) atoms. The second-order valence-corrected chi connectivity index (χ2v) is 7.60. The van der Waals surface area contributed by atoms with Gasteiger partial charge in [0.05, 0.1) is 0 Å². The second-order valence-electron chi connectivity index (χ2n) is 7.60. The molecule has 4 rings (SSSR count). The predicted molar refractivity (Wildman–Crippen MR) is 114 cm³/mol. The number of hydrogen-bond donors (Lipinski definition) is 2. The zero-order valence-electron chi connectivity index (χ0n) is 16.1. The summed E-state index contributed by atoms with van der Waals surface area (Å²) in [4.78, 5) is 17.9. The summed E-state index contributed by atoms with van der Waals surface area (Å²) in [6, 6.07) is 14.7. The molecule has 1 aromatic heterocycles. The fourth-order valence-corrected chi connectivity index (χ4v) is 3.79. The van der Waals surface area contributed by atoms with Crippen molar-refractivity contribution in [2.75, 3.05) is 23.3 Å². The topological polar surface area (TPSA) is 48.1 Å². The molecule has 1 saturated heterocycles. The van der Waals surface area contributed by atoms with E-state index in [9.17, 15) is 4.79 Å². The van der Waals surface area contributed by atoms with Gasteiger partial charge in [-0.25, -0.2) is 0 Å². The predicted octanol–water partition coefficient (Wildman–Crippen LogP) is 4.75. The summed E-state index contributed by atoms with van der Waals surface area (Å²) in [6.07, 6.45) is 3.91. The van der Waals surface area contributed by atoms with Gasteiger partial charge in [-0.05, 0) is 92.1 Å². The van der Waals surface area contributed by atoms with E-state index in [2.05, 4.69) is 59.4 Å². The van der Waals surface area contributed by atoms with E-state index in [1.54, 1.807) is 0 Å². The summed E-state index contributed by atoms with van der Waals surface area (Å²) in [5.41, 5.74) is 6.39. The smallest absolute Gasteiger partial charge is 0.253 e. The first-order chi connectivity index (χ1) is 13.1. The molecule has 3 aromatic rings. The van der Waals surface area contributed by atoms with Crippen molar-refractivity contribution in [3.8, 4) is 0 Å². The van der Waals surface area contributed by atoms with Crippen LogP contribution >= 0.6 is 0 Å². The third-order valence-electron chi connectivity index (χ3n) is 5.61. The SMILES string of the molecule is Cc1cc2cc(CNc3ccc(N4CCCCC4)cc3)c(=O)[nH]c2cc1C. The molecule has 0 radical (unpaired) electrons. The first kappa shape index (κ1) is 17.7. The molecular weight excluding hydrogens is 334 g/mol. The average Bonchev–Trinajstić information content (AvgIpc) is 2.69. The van der Waals surface area contributed by atoms with Crippen molar-refractivity contribution in [3.63, 3.8) is 0 Å². The van der Waals surface area contributed by atoms with Crippen molar-refractivity contribution in [2.45, 2.75) is 39.7 Å². The van der Waals surface area contributed by atoms with Crippen LogP contribution in [0.25, 0.3) is 10.9 Å². The van der Waals surface area contributed by atoms with Crippen molar-refractivity contribution in [1.82, 2.24) is 4.98 Å². The third kappa shape index (κ3) is 3.85. The number of nitrogens with one attached hydrogen (secondary N) is 2. The molecule has 0 amide bonds. The van der Waals surface area contributed by atoms with Gasteiger partial charge in [0.2, 0.25) is 0 Å². The summed E-state index contributed by atoms with van der Waals surface area (Å²) in [6.45, 7) is 6.98. The number of benzene rings is 2. The van der Waals surface area contributed by atoms with Crippen LogP contribution in [0.3, 0.4) is 0 Å². The first-order valence-corrected chi connectivity index (χ1v) is 9.82. The van der Waals surface area contributed by atoms with Gasteiger partial charge in [-0.1, -0.05) is 0 Å². The molecule has 0 spiro atoms. The van der Waals surface area contributed by atoms with Crippen LogP contribution in [0.5, 0.6) is 0 Å². The van der Waals surface area contributed by atoms with E-state index in [0.29, 0.717) is 6.54 Å². The number of aromatic amines is 1. The molecule has 0 unspecified atom stereocenters. The normalized spacial score (nSPS) is 14.5. The lowest BCUT2D eigenvalue weighted by atomic mass is 10.0. The van der Waals surface area contributed by atoms with Gasteiger partial charge in [0.15, 0.2) is 0 Å². The second kappa shape index (κ2) is 7.47. The number of fused-ring (bicyclic) bond motifs is 1. The summed E-state index contributed by atoms with van der Waals surface area (Å²) < 4.78 is 0. The Hall–Kier alpha value is -2.75. The zero-order chi connectivity index (χ0) is 18.8. The molecule has 2 heterocycles. The highest BCUT2D eigenvalue weighted by atomic mass is 16.1. The van der Waals surface area contributed by atoms with Crippen LogP contribution in [-0.4, -0.2) is 18.1 Å². The minimum atomic E-state index is -0.0248. The lowest BCUT2D eigenvalue weighted by Gasteiger charge is -2.28. The van der Waals surface area contributed by atoms with E-state index in [1.165, 1.54) is 36.1 Å². The number of anilines is 2. The quantitative estimate of drug-likeness (QED) is 0.705. The molecule has 2 aromatic carbocycles. The molecule has 1 fully saturated rings. The minimum absolute atomic E-state index is 0.0248. The van der Waals surface area contributed by atoms with Gasteiger partial charge in [0.1, 0.15) is 0 Å². The zero-order valence-corrected chi connectivity index (χ0v) is 16.1. The first-order valence-electron chi connectivity index (χ1n) is 9.82. The number of rotatable bonds is 4. The molecule has 140 valence electrons. The maximum absolute atomic E-state index is 12.4. The van der Waals surface area contributed by atoms with Gasteiger partial charge < -0.3 is 15.2 Å². The fourth-order valence-electron chi connectivity index (χ4n) is 3.79. The van der Waals surface area contributed by atoms with Gasteiger partial charge in [-0.15, -0.1) is 0 Å². The van der Waals surface area contributed by atoms with E-state index in [-0.39, 0.29) is 5.56 Å². The number of aryl methyl sites for hydroxylation is 2. The average molecular weight is 361 g/mol. The summed E-state index contributed by atoms with van der Waals surface area (Å²) in [5.74, 6) is 0. The van der Waals surface area contributed by atoms with Gasteiger partial charge in [-0.2, -0.15) is 0 Å². The van der Waals surface area contributed by atoms with E-state index >= 15 is 0 Å². The highest BCUT2D eigenvalue weighted by molar-refractivity contribution is 5.80. The standard InChI is InChI=1S/C23H27N3O/c1-16-12-18-14-19(23(27)25-22(18)13-17(16)2)15-24-20-6-8-21(9-7-20)26-10-4-3-5-11-26/h6-9,12-14,24H,3-5,10-11,15H2,1-2H3,(H,25,27). The largest absolute Gasteiger partial charge is 0.381 e. The van der Waals surface area contributed by atoms with Crippen LogP contribution in [0.4, 0.5) is 11.4 Å². The van der Waals surface area contributed by atoms with Crippen LogP contribution < -0.4 is 15.8 Å². The highest BCUT2D eigenvalue weighted by Crippen LogP contribution is 2.22. The maximum atomic E-state index is 12.4. The Bertz CT molecular complexity index is 999. The van der Waals surface area contributed by atoms with Crippen LogP contribution in [0.15, 0.2) is 47.3 Å². The van der Waals surface area contributed by atoms with Gasteiger partial charge >= 0.3 is 0 Å². The van der Waals surface area contributed by atoms with Crippen molar-refractivity contribution in [2.24, 2.45) is 0 Å². The Balaban J connectivity index is 1.48. The van der Waals surface area contributed by atoms with Crippen LogP contribution in [0, 0.1) is 13.8 Å². The molecule has 4 heteroatoms. The molecule has 0 saturated carbocycles. The molecule has 0 aliphatic carbocycles. The lowest BCUT2D eigenvalue weighted by Crippen LogP contribution is -2.29. The van der Waals surface area contributed by atoms with Gasteiger partial charge in [0, 0.05) is 42.1 Å². The Labute approximate surface area is 160 Å². The van der Waals surface area contributed by atoms with E-state index < -0.39 is 0 Å². The van der Waals surface area contributed by atoms with Crippen molar-refractivity contribution >= 4 is 22.3 Å². The number of piperidine rings is 1. The van der Waals surface area contributed by atoms with Crippen molar-refractivity contribution < 1.29 is 0 Å². The van der Waals surface area contributed by atoms with Gasteiger partial charge in [-0.3, -0.25) is 4.79 Å². The summed E-state index contributed by atoms with van der Waals surface area (Å²) >= 11 is 0. The van der Waals surface area contributed by atoms with Crippen LogP contribution in [-0.2, 0) is 6.54 Å². The number of pyridine rings is 1. The molecular formula is C23H27N3O. The summed E-state index contributed by atoms with van der Waals surface area (Å²) in [5, 5.41) is 4.46. The van der Waals surface area contributed by atoms with Gasteiger partial charge in [0.25, 0.3) is 5.56 Å². The lowest BCUT2D eigenvalue weighted by molar-refractivity contribution is 0.578. The summed E-state index contributed by atoms with van der Waals surface area (Å²) in [7, 11) is 0. The van der Waals surface area contributed by atoms with Crippen LogP contribution in [0.1, 0.15) is 36.0 Å². The van der Waals surface area contributed by atoms with E-state index in [0.717, 1.165) is 35.2 Å². The fraction of sp³-hybridized carbons (Fsp3) is 0.348. The monoisotopic (exact) mass is 361 g/mol. The third-order valence-corrected chi connectivity index (χ3v) is 5.61. The Morgan fingerprint density at radius 1 is 0.963 bits per heavy atom. The Morgan fingerprint density at radius 2 is 1.67 bits per heavy atom. The number of nitrogens with zero attached hydrogens (tertiary/aromatic N) is 1. The highest BCUT2D eigenvalue weighted by Gasteiger charge is 2.10. The molecule has 0 atom stereocenters. The van der Waals surface area contributed by atoms with E-state index in [4.69, 9.17) is 0 Å². The number of hydrogen-bond acceptors (Lipinski definition) is 3. The molecule has 2 N–H and O–H groups in total.